The van der Waals surface area contributed by atoms with Gasteiger partial charge >= 0.3 is 0 Å². The molecule has 96 valence electrons. The number of hydrogen-bond acceptors (Lipinski definition) is 2. The van der Waals surface area contributed by atoms with Gasteiger partial charge in [0.1, 0.15) is 5.82 Å². The van der Waals surface area contributed by atoms with E-state index >= 15 is 0 Å². The van der Waals surface area contributed by atoms with Crippen molar-refractivity contribution < 1.29 is 0 Å². The van der Waals surface area contributed by atoms with Gasteiger partial charge in [-0.15, -0.1) is 21.8 Å². The second-order valence-electron chi connectivity index (χ2n) is 4.52. The van der Waals surface area contributed by atoms with Crippen LogP contribution in [0.3, 0.4) is 0 Å². The number of benzene rings is 1. The Kier molecular flexibility index (Phi) is 3.93. The zero-order chi connectivity index (χ0) is 13.3. The quantitative estimate of drug-likeness (QED) is 0.790. The highest BCUT2D eigenvalue weighted by Gasteiger charge is 2.17. The molecule has 5 heteroatoms. The molecule has 0 unspecified atom stereocenters. The predicted molar refractivity (Wildman–Crippen MR) is 75.1 cm³/mol. The lowest BCUT2D eigenvalue weighted by molar-refractivity contribution is 0.585. The predicted octanol–water partition coefficient (Wildman–Crippen LogP) is 4.23. The Hall–Kier alpha value is -1.06. The summed E-state index contributed by atoms with van der Waals surface area (Å²) in [4.78, 5) is 0. The van der Waals surface area contributed by atoms with Gasteiger partial charge in [-0.3, -0.25) is 0 Å². The minimum atomic E-state index is 0.237. The zero-order valence-electron chi connectivity index (χ0n) is 10.6. The number of halogens is 2. The van der Waals surface area contributed by atoms with Crippen LogP contribution in [0.15, 0.2) is 18.2 Å². The minimum Gasteiger partial charge on any atom is -0.307 e. The fraction of sp³-hybridized carbons (Fsp3) is 0.385. The topological polar surface area (TPSA) is 30.7 Å². The number of alkyl halides is 1. The van der Waals surface area contributed by atoms with Crippen molar-refractivity contribution in [3.05, 3.63) is 34.6 Å². The zero-order valence-corrected chi connectivity index (χ0v) is 12.1. The smallest absolute Gasteiger partial charge is 0.165 e. The molecular weight excluding hydrogens is 269 g/mol. The summed E-state index contributed by atoms with van der Waals surface area (Å²) < 4.78 is 2.02. The molecule has 1 heterocycles. The second-order valence-corrected chi connectivity index (χ2v) is 5.19. The van der Waals surface area contributed by atoms with Crippen LogP contribution in [0, 0.1) is 6.92 Å². The van der Waals surface area contributed by atoms with Crippen molar-refractivity contribution in [3.8, 4) is 11.4 Å². The monoisotopic (exact) mass is 283 g/mol. The first kappa shape index (κ1) is 13.4. The molecule has 0 aliphatic rings. The van der Waals surface area contributed by atoms with Crippen LogP contribution in [0.4, 0.5) is 0 Å². The molecule has 2 rings (SSSR count). The van der Waals surface area contributed by atoms with Gasteiger partial charge in [0.2, 0.25) is 0 Å². The van der Waals surface area contributed by atoms with E-state index in [9.17, 15) is 0 Å². The van der Waals surface area contributed by atoms with Crippen molar-refractivity contribution in [1.82, 2.24) is 14.8 Å². The minimum absolute atomic E-state index is 0.237. The van der Waals surface area contributed by atoms with Crippen molar-refractivity contribution in [1.29, 1.82) is 0 Å². The Morgan fingerprint density at radius 3 is 2.56 bits per heavy atom. The molecule has 3 nitrogen and oxygen atoms in total. The number of aromatic nitrogens is 3. The van der Waals surface area contributed by atoms with Gasteiger partial charge in [-0.2, -0.15) is 0 Å². The molecule has 18 heavy (non-hydrogen) atoms. The largest absolute Gasteiger partial charge is 0.307 e. The van der Waals surface area contributed by atoms with Crippen LogP contribution >= 0.6 is 23.2 Å². The third-order valence-electron chi connectivity index (χ3n) is 2.77. The first-order valence-electron chi connectivity index (χ1n) is 5.81. The van der Waals surface area contributed by atoms with Gasteiger partial charge < -0.3 is 4.57 Å². The second kappa shape index (κ2) is 5.29. The molecule has 0 saturated carbocycles. The molecule has 0 saturated heterocycles. The van der Waals surface area contributed by atoms with E-state index in [1.807, 2.05) is 29.7 Å². The van der Waals surface area contributed by atoms with E-state index < -0.39 is 0 Å². The van der Waals surface area contributed by atoms with E-state index in [2.05, 4.69) is 24.0 Å². The molecule has 0 aliphatic carbocycles. The highest BCUT2D eigenvalue weighted by molar-refractivity contribution is 6.33. The van der Waals surface area contributed by atoms with E-state index in [-0.39, 0.29) is 6.04 Å². The summed E-state index contributed by atoms with van der Waals surface area (Å²) in [5, 5.41) is 9.02. The maximum absolute atomic E-state index is 6.28. The van der Waals surface area contributed by atoms with Gasteiger partial charge in [0.25, 0.3) is 0 Å². The highest BCUT2D eigenvalue weighted by atomic mass is 35.5. The fourth-order valence-electron chi connectivity index (χ4n) is 1.94. The van der Waals surface area contributed by atoms with Gasteiger partial charge in [-0.05, 0) is 38.5 Å². The van der Waals surface area contributed by atoms with E-state index in [0.717, 1.165) is 22.8 Å². The SMILES string of the molecule is Cc1ccc(-c2nnc(CCl)n2C(C)C)c(Cl)c1. The van der Waals surface area contributed by atoms with Gasteiger partial charge in [0.05, 0.1) is 10.9 Å². The molecule has 0 fully saturated rings. The summed E-state index contributed by atoms with van der Waals surface area (Å²) in [5.74, 6) is 1.87. The Balaban J connectivity index is 2.60. The van der Waals surface area contributed by atoms with E-state index in [1.165, 1.54) is 0 Å². The number of hydrogen-bond donors (Lipinski definition) is 0. The maximum atomic E-state index is 6.28. The van der Waals surface area contributed by atoms with Gasteiger partial charge in [-0.1, -0.05) is 17.7 Å². The Bertz CT molecular complexity index is 561. The van der Waals surface area contributed by atoms with Crippen molar-refractivity contribution in [3.63, 3.8) is 0 Å². The molecule has 0 bridgehead atoms. The fourth-order valence-corrected chi connectivity index (χ4v) is 2.44. The van der Waals surface area contributed by atoms with Crippen LogP contribution in [0.1, 0.15) is 31.3 Å². The molecule has 0 aliphatic heterocycles. The third-order valence-corrected chi connectivity index (χ3v) is 3.32. The lowest BCUT2D eigenvalue weighted by Gasteiger charge is -2.14. The van der Waals surface area contributed by atoms with Crippen LogP contribution in [0.5, 0.6) is 0 Å². The standard InChI is InChI=1S/C13H15Cl2N3/c1-8(2)18-12(7-14)16-17-13(18)10-5-4-9(3)6-11(10)15/h4-6,8H,7H2,1-3H3. The first-order valence-corrected chi connectivity index (χ1v) is 6.72. The summed E-state index contributed by atoms with van der Waals surface area (Å²) in [7, 11) is 0. The van der Waals surface area contributed by atoms with Crippen molar-refractivity contribution in [2.24, 2.45) is 0 Å². The molecule has 0 spiro atoms. The Morgan fingerprint density at radius 1 is 1.28 bits per heavy atom. The van der Waals surface area contributed by atoms with Crippen molar-refractivity contribution in [2.45, 2.75) is 32.7 Å². The van der Waals surface area contributed by atoms with Crippen LogP contribution < -0.4 is 0 Å². The first-order chi connectivity index (χ1) is 8.54. The molecule has 1 aromatic carbocycles. The normalized spacial score (nSPS) is 11.2. The number of rotatable bonds is 3. The van der Waals surface area contributed by atoms with Crippen LogP contribution in [-0.2, 0) is 5.88 Å². The molecule has 1 aromatic heterocycles. The van der Waals surface area contributed by atoms with Crippen LogP contribution in [-0.4, -0.2) is 14.8 Å². The molecule has 0 amide bonds. The average molecular weight is 284 g/mol. The molecule has 2 aromatic rings. The summed E-state index contributed by atoms with van der Waals surface area (Å²) in [6, 6.07) is 6.15. The third kappa shape index (κ3) is 2.38. The molecule has 0 N–H and O–H groups in total. The van der Waals surface area contributed by atoms with Gasteiger partial charge in [-0.25, -0.2) is 0 Å². The van der Waals surface area contributed by atoms with Gasteiger partial charge in [0, 0.05) is 11.6 Å². The van der Waals surface area contributed by atoms with E-state index in [0.29, 0.717) is 10.9 Å². The Labute approximate surface area is 117 Å². The molecular formula is C13H15Cl2N3. The Morgan fingerprint density at radius 2 is 2.00 bits per heavy atom. The maximum Gasteiger partial charge on any atom is 0.165 e. The van der Waals surface area contributed by atoms with Crippen LogP contribution in [0.25, 0.3) is 11.4 Å². The van der Waals surface area contributed by atoms with Crippen molar-refractivity contribution in [2.75, 3.05) is 0 Å². The molecule has 0 atom stereocenters. The summed E-state index contributed by atoms with van der Waals surface area (Å²) in [6.07, 6.45) is 0. The van der Waals surface area contributed by atoms with E-state index in [1.54, 1.807) is 0 Å². The van der Waals surface area contributed by atoms with Crippen molar-refractivity contribution >= 4 is 23.2 Å². The lowest BCUT2D eigenvalue weighted by Crippen LogP contribution is -2.07. The number of aryl methyl sites for hydroxylation is 1. The number of nitrogens with zero attached hydrogens (tertiary/aromatic N) is 3. The summed E-state index contributed by atoms with van der Waals surface area (Å²) in [5.41, 5.74) is 2.01. The lowest BCUT2D eigenvalue weighted by atomic mass is 10.1. The highest BCUT2D eigenvalue weighted by Crippen LogP contribution is 2.30. The summed E-state index contributed by atoms with van der Waals surface area (Å²) >= 11 is 12.2. The van der Waals surface area contributed by atoms with Gasteiger partial charge in [0.15, 0.2) is 5.82 Å². The van der Waals surface area contributed by atoms with E-state index in [4.69, 9.17) is 23.2 Å². The summed E-state index contributed by atoms with van der Waals surface area (Å²) in [6.45, 7) is 6.16. The molecule has 0 radical (unpaired) electrons. The average Bonchev–Trinajstić information content (AvgIpc) is 2.72. The van der Waals surface area contributed by atoms with Crippen LogP contribution in [0.2, 0.25) is 5.02 Å².